The Labute approximate surface area is 90.8 Å². The lowest BCUT2D eigenvalue weighted by Crippen LogP contribution is -2.28. The molecule has 1 aromatic heterocycles. The molecule has 0 spiro atoms. The molecule has 7 nitrogen and oxygen atoms in total. The average molecular weight is 221 g/mol. The zero-order chi connectivity index (χ0) is 11.7. The Bertz CT molecular complexity index is 531. The van der Waals surface area contributed by atoms with Crippen LogP contribution in [0.5, 0.6) is 0 Å². The Morgan fingerprint density at radius 1 is 1.56 bits per heavy atom. The van der Waals surface area contributed by atoms with E-state index in [4.69, 9.17) is 5.73 Å². The van der Waals surface area contributed by atoms with Gasteiger partial charge < -0.3 is 16.0 Å². The second-order valence-corrected chi connectivity index (χ2v) is 3.34. The molecular formula is C9H11N5O2. The van der Waals surface area contributed by atoms with Crippen molar-refractivity contribution in [2.24, 2.45) is 4.99 Å². The first-order valence-electron chi connectivity index (χ1n) is 4.86. The molecule has 0 aromatic carbocycles. The highest BCUT2D eigenvalue weighted by molar-refractivity contribution is 6.42. The third kappa shape index (κ3) is 1.67. The Kier molecular flexibility index (Phi) is 2.43. The first kappa shape index (κ1) is 10.3. The van der Waals surface area contributed by atoms with E-state index < -0.39 is 5.56 Å². The number of nitrogens with zero attached hydrogens (tertiary/aromatic N) is 2. The van der Waals surface area contributed by atoms with E-state index in [9.17, 15) is 9.59 Å². The molecule has 16 heavy (non-hydrogen) atoms. The maximum atomic E-state index is 11.5. The summed E-state index contributed by atoms with van der Waals surface area (Å²) < 4.78 is 0. The number of Topliss-reactive ketones (excluding diaryl/α,β-unsaturated/α-hetero) is 1. The van der Waals surface area contributed by atoms with E-state index in [1.54, 1.807) is 6.92 Å². The molecule has 4 N–H and O–H groups in total. The third-order valence-corrected chi connectivity index (χ3v) is 2.24. The quantitative estimate of drug-likeness (QED) is 0.641. The minimum Gasteiger partial charge on any atom is -0.369 e. The zero-order valence-electron chi connectivity index (χ0n) is 8.70. The molecule has 0 saturated carbocycles. The van der Waals surface area contributed by atoms with Gasteiger partial charge in [-0.2, -0.15) is 4.98 Å². The van der Waals surface area contributed by atoms with Crippen LogP contribution in [-0.2, 0) is 4.79 Å². The summed E-state index contributed by atoms with van der Waals surface area (Å²) in [5.74, 6) is 0.344. The predicted octanol–water partition coefficient (Wildman–Crippen LogP) is -0.171. The highest BCUT2D eigenvalue weighted by atomic mass is 16.1. The van der Waals surface area contributed by atoms with Crippen molar-refractivity contribution in [3.63, 3.8) is 0 Å². The summed E-state index contributed by atoms with van der Waals surface area (Å²) in [7, 11) is 0. The molecule has 0 fully saturated rings. The molecular weight excluding hydrogens is 210 g/mol. The molecule has 1 aromatic rings. The van der Waals surface area contributed by atoms with Crippen molar-refractivity contribution >= 4 is 28.9 Å². The van der Waals surface area contributed by atoms with Crippen molar-refractivity contribution in [1.82, 2.24) is 9.97 Å². The molecule has 0 bridgehead atoms. The lowest BCUT2D eigenvalue weighted by Gasteiger charge is -2.15. The van der Waals surface area contributed by atoms with Crippen LogP contribution in [0, 0.1) is 0 Å². The van der Waals surface area contributed by atoms with Crippen LogP contribution < -0.4 is 16.6 Å². The average Bonchev–Trinajstić information content (AvgIpc) is 2.27. The first-order valence-corrected chi connectivity index (χ1v) is 4.86. The lowest BCUT2D eigenvalue weighted by molar-refractivity contribution is -0.112. The van der Waals surface area contributed by atoms with Crippen LogP contribution in [0.2, 0.25) is 0 Å². The molecule has 0 radical (unpaired) electrons. The fourth-order valence-corrected chi connectivity index (χ4v) is 1.43. The number of hydrogen-bond donors (Lipinski definition) is 3. The molecule has 0 unspecified atom stereocenters. The Balaban J connectivity index is 2.52. The largest absolute Gasteiger partial charge is 0.369 e. The third-order valence-electron chi connectivity index (χ3n) is 2.24. The SMILES string of the molecule is CCC(=O)C1=Nc2c([nH]c(N)nc2=O)NC1. The van der Waals surface area contributed by atoms with E-state index in [1.165, 1.54) is 0 Å². The number of carbonyl (C=O) groups is 1. The van der Waals surface area contributed by atoms with Gasteiger partial charge in [0, 0.05) is 6.42 Å². The monoisotopic (exact) mass is 221 g/mol. The minimum absolute atomic E-state index is 0.0247. The van der Waals surface area contributed by atoms with Crippen molar-refractivity contribution in [3.8, 4) is 0 Å². The van der Waals surface area contributed by atoms with E-state index in [0.29, 0.717) is 24.5 Å². The number of aromatic nitrogens is 2. The van der Waals surface area contributed by atoms with E-state index >= 15 is 0 Å². The summed E-state index contributed by atoms with van der Waals surface area (Å²) in [6.07, 6.45) is 0.357. The zero-order valence-corrected chi connectivity index (χ0v) is 8.70. The smallest absolute Gasteiger partial charge is 0.302 e. The number of carbonyl (C=O) groups excluding carboxylic acids is 1. The number of nitrogens with one attached hydrogen (secondary N) is 2. The molecule has 0 aliphatic carbocycles. The van der Waals surface area contributed by atoms with Gasteiger partial charge in [0.15, 0.2) is 11.5 Å². The maximum Gasteiger partial charge on any atom is 0.302 e. The first-order chi connectivity index (χ1) is 7.61. The van der Waals surface area contributed by atoms with Gasteiger partial charge >= 0.3 is 5.56 Å². The molecule has 2 rings (SSSR count). The van der Waals surface area contributed by atoms with Gasteiger partial charge in [0.05, 0.1) is 6.54 Å². The van der Waals surface area contributed by atoms with E-state index in [1.807, 2.05) is 0 Å². The van der Waals surface area contributed by atoms with Crippen molar-refractivity contribution in [3.05, 3.63) is 10.4 Å². The predicted molar refractivity (Wildman–Crippen MR) is 60.2 cm³/mol. The van der Waals surface area contributed by atoms with Gasteiger partial charge in [-0.05, 0) is 0 Å². The Hall–Kier alpha value is -2.18. The molecule has 0 atom stereocenters. The van der Waals surface area contributed by atoms with Crippen LogP contribution in [-0.4, -0.2) is 28.0 Å². The molecule has 7 heteroatoms. The number of aromatic amines is 1. The van der Waals surface area contributed by atoms with E-state index in [0.717, 1.165) is 0 Å². The maximum absolute atomic E-state index is 11.5. The van der Waals surface area contributed by atoms with Crippen molar-refractivity contribution in [2.45, 2.75) is 13.3 Å². The van der Waals surface area contributed by atoms with Gasteiger partial charge in [-0.15, -0.1) is 0 Å². The summed E-state index contributed by atoms with van der Waals surface area (Å²) in [6.45, 7) is 2.03. The highest BCUT2D eigenvalue weighted by Crippen LogP contribution is 2.21. The number of H-pyrrole nitrogens is 1. The second kappa shape index (κ2) is 3.76. The van der Waals surface area contributed by atoms with Gasteiger partial charge in [0.2, 0.25) is 5.95 Å². The van der Waals surface area contributed by atoms with Crippen LogP contribution in [0.25, 0.3) is 0 Å². The van der Waals surface area contributed by atoms with Crippen LogP contribution >= 0.6 is 0 Å². The van der Waals surface area contributed by atoms with Crippen LogP contribution in [0.4, 0.5) is 17.5 Å². The fourth-order valence-electron chi connectivity index (χ4n) is 1.43. The summed E-state index contributed by atoms with van der Waals surface area (Å²) >= 11 is 0. The van der Waals surface area contributed by atoms with Gasteiger partial charge in [0.25, 0.3) is 0 Å². The van der Waals surface area contributed by atoms with Gasteiger partial charge in [-0.1, -0.05) is 6.92 Å². The van der Waals surface area contributed by atoms with Crippen molar-refractivity contribution in [1.29, 1.82) is 0 Å². The number of nitrogens with two attached hydrogens (primary N) is 1. The number of nitrogen functional groups attached to an aromatic ring is 1. The van der Waals surface area contributed by atoms with Crippen LogP contribution in [0.15, 0.2) is 9.79 Å². The number of rotatable bonds is 2. The van der Waals surface area contributed by atoms with Gasteiger partial charge in [-0.25, -0.2) is 4.99 Å². The number of aliphatic imine (C=N–C) groups is 1. The molecule has 1 aliphatic rings. The number of ketones is 1. The normalized spacial score (nSPS) is 13.7. The summed E-state index contributed by atoms with van der Waals surface area (Å²) in [4.78, 5) is 33.1. The van der Waals surface area contributed by atoms with Crippen LogP contribution in [0.1, 0.15) is 13.3 Å². The molecule has 1 aliphatic heterocycles. The summed E-state index contributed by atoms with van der Waals surface area (Å²) in [6, 6.07) is 0. The Morgan fingerprint density at radius 3 is 3.00 bits per heavy atom. The molecule has 2 heterocycles. The topological polar surface area (TPSA) is 113 Å². The second-order valence-electron chi connectivity index (χ2n) is 3.34. The highest BCUT2D eigenvalue weighted by Gasteiger charge is 2.19. The molecule has 0 saturated heterocycles. The number of anilines is 2. The summed E-state index contributed by atoms with van der Waals surface area (Å²) in [5.41, 5.74) is 5.29. The fraction of sp³-hybridized carbons (Fsp3) is 0.333. The van der Waals surface area contributed by atoms with E-state index in [2.05, 4.69) is 20.3 Å². The minimum atomic E-state index is -0.542. The van der Waals surface area contributed by atoms with Crippen molar-refractivity contribution in [2.75, 3.05) is 17.6 Å². The lowest BCUT2D eigenvalue weighted by atomic mass is 10.1. The van der Waals surface area contributed by atoms with Gasteiger partial charge in [0.1, 0.15) is 11.5 Å². The molecule has 0 amide bonds. The Morgan fingerprint density at radius 2 is 2.31 bits per heavy atom. The van der Waals surface area contributed by atoms with Crippen LogP contribution in [0.3, 0.4) is 0 Å². The number of hydrogen-bond acceptors (Lipinski definition) is 6. The summed E-state index contributed by atoms with van der Waals surface area (Å²) in [5, 5.41) is 2.88. The van der Waals surface area contributed by atoms with E-state index in [-0.39, 0.29) is 17.4 Å². The van der Waals surface area contributed by atoms with Crippen molar-refractivity contribution < 1.29 is 4.79 Å². The number of fused-ring (bicyclic) bond motifs is 1. The molecule has 84 valence electrons. The van der Waals surface area contributed by atoms with Gasteiger partial charge in [-0.3, -0.25) is 9.59 Å². The standard InChI is InChI=1S/C9H11N5O2/c1-2-5(15)4-3-11-7-6(12-4)8(16)14-9(10)13-7/h2-3H2,1H3,(H4,10,11,13,14,16).